The van der Waals surface area contributed by atoms with Crippen molar-refractivity contribution in [2.45, 2.75) is 24.4 Å². The number of rotatable bonds is 8. The molecule has 6 heteroatoms. The van der Waals surface area contributed by atoms with Crippen molar-refractivity contribution in [3.05, 3.63) is 121 Å². The van der Waals surface area contributed by atoms with Crippen molar-refractivity contribution < 1.29 is 18.5 Å². The normalized spacial score (nSPS) is 23.3. The molecule has 0 spiro atoms. The molecule has 2 unspecified atom stereocenters. The molecule has 0 N–H and O–H groups in total. The monoisotopic (exact) mass is 514 g/mol. The second kappa shape index (κ2) is 11.3. The van der Waals surface area contributed by atoms with Gasteiger partial charge in [0.15, 0.2) is 0 Å². The fraction of sp³-hybridized carbons (Fsp3) is 0.200. The molecule has 2 aliphatic heterocycles. The molecule has 0 amide bonds. The molecule has 4 aromatic rings. The molecule has 2 saturated heterocycles. The van der Waals surface area contributed by atoms with Crippen LogP contribution in [0.2, 0.25) is 0 Å². The summed E-state index contributed by atoms with van der Waals surface area (Å²) in [6.07, 6.45) is -0.573. The number of hydrogen-bond acceptors (Lipinski definition) is 4. The summed E-state index contributed by atoms with van der Waals surface area (Å²) >= 11 is 0. The van der Waals surface area contributed by atoms with E-state index in [9.17, 15) is 0 Å². The van der Waals surface area contributed by atoms with Gasteiger partial charge in [0.05, 0.1) is 29.5 Å². The van der Waals surface area contributed by atoms with E-state index in [0.29, 0.717) is 13.2 Å². The number of hydrogen-bond donors (Lipinski definition) is 0. The molecule has 0 aliphatic carbocycles. The molecular weight excluding hydrogens is 486 g/mol. The summed E-state index contributed by atoms with van der Waals surface area (Å²) in [4.78, 5) is 0. The van der Waals surface area contributed by atoms with Crippen molar-refractivity contribution in [1.82, 2.24) is 0 Å². The molecule has 0 aromatic heterocycles. The number of benzene rings is 4. The number of ether oxygens (including phenoxy) is 2. The Morgan fingerprint density at radius 1 is 0.444 bits per heavy atom. The van der Waals surface area contributed by atoms with Gasteiger partial charge < -0.3 is 18.5 Å². The second-order valence-electron chi connectivity index (χ2n) is 8.81. The zero-order chi connectivity index (χ0) is 24.2. The van der Waals surface area contributed by atoms with Crippen molar-refractivity contribution in [3.8, 4) is 0 Å². The third-order valence-corrected chi connectivity index (χ3v) is 10.4. The van der Waals surface area contributed by atoms with Gasteiger partial charge in [-0.15, -0.1) is 0 Å². The van der Waals surface area contributed by atoms with Gasteiger partial charge in [-0.1, -0.05) is 121 Å². The summed E-state index contributed by atoms with van der Waals surface area (Å²) in [5.74, 6) is 0. The molecule has 36 heavy (non-hydrogen) atoms. The highest BCUT2D eigenvalue weighted by atomic mass is 31.1. The van der Waals surface area contributed by atoms with Gasteiger partial charge in [0, 0.05) is 21.2 Å². The summed E-state index contributed by atoms with van der Waals surface area (Å²) in [6, 6.07) is 41.8. The summed E-state index contributed by atoms with van der Waals surface area (Å²) in [6.45, 7) is 1.00. The third kappa shape index (κ3) is 5.17. The van der Waals surface area contributed by atoms with Crippen LogP contribution in [0.15, 0.2) is 121 Å². The van der Waals surface area contributed by atoms with Crippen molar-refractivity contribution in [3.63, 3.8) is 0 Å². The van der Waals surface area contributed by atoms with Gasteiger partial charge in [0.2, 0.25) is 0 Å². The van der Waals surface area contributed by atoms with Crippen LogP contribution in [0, 0.1) is 0 Å². The lowest BCUT2D eigenvalue weighted by Gasteiger charge is -2.25. The lowest BCUT2D eigenvalue weighted by atomic mass is 10.1. The fourth-order valence-electron chi connectivity index (χ4n) is 4.68. The van der Waals surface area contributed by atoms with E-state index in [2.05, 4.69) is 97.1 Å². The Kier molecular flexibility index (Phi) is 7.53. The second-order valence-corrected chi connectivity index (χ2v) is 12.5. The average molecular weight is 514 g/mol. The van der Waals surface area contributed by atoms with Gasteiger partial charge >= 0.3 is 0 Å². The van der Waals surface area contributed by atoms with E-state index in [-0.39, 0.29) is 24.4 Å². The highest BCUT2D eigenvalue weighted by molar-refractivity contribution is 7.68. The first kappa shape index (κ1) is 23.9. The molecule has 2 fully saturated rings. The van der Waals surface area contributed by atoms with Crippen LogP contribution in [0.25, 0.3) is 0 Å². The lowest BCUT2D eigenvalue weighted by Crippen LogP contribution is -2.34. The summed E-state index contributed by atoms with van der Waals surface area (Å²) in [5.41, 5.74) is 0. The van der Waals surface area contributed by atoms with Gasteiger partial charge in [-0.05, 0) is 0 Å². The minimum Gasteiger partial charge on any atom is -0.370 e. The molecule has 2 heterocycles. The first-order valence-electron chi connectivity index (χ1n) is 12.2. The molecular formula is C30H28O4P2. The Hall–Kier alpha value is -2.42. The van der Waals surface area contributed by atoms with E-state index in [0.717, 1.165) is 0 Å². The van der Waals surface area contributed by atoms with Gasteiger partial charge in [-0.2, -0.15) is 0 Å². The Bertz CT molecular complexity index is 1050. The molecule has 2 aliphatic rings. The molecule has 4 atom stereocenters. The Morgan fingerprint density at radius 2 is 0.722 bits per heavy atom. The molecule has 6 rings (SSSR count). The van der Waals surface area contributed by atoms with Gasteiger partial charge in [-0.25, -0.2) is 0 Å². The van der Waals surface area contributed by atoms with Crippen LogP contribution in [0.5, 0.6) is 0 Å². The maximum atomic E-state index is 6.78. The van der Waals surface area contributed by atoms with E-state index in [4.69, 9.17) is 18.5 Å². The van der Waals surface area contributed by atoms with Crippen LogP contribution in [0.1, 0.15) is 0 Å². The van der Waals surface area contributed by atoms with Gasteiger partial charge in [0.25, 0.3) is 0 Å². The van der Waals surface area contributed by atoms with Crippen LogP contribution >= 0.6 is 16.3 Å². The fourth-order valence-corrected chi connectivity index (χ4v) is 8.43. The SMILES string of the molecule is c1ccc(P(O[C@H]2COC3C2OC[C@@H]3OP(c2ccccc2)c2ccccc2)c2ccccc2)cc1. The third-order valence-electron chi connectivity index (χ3n) is 6.41. The lowest BCUT2D eigenvalue weighted by molar-refractivity contribution is 0.0266. The topological polar surface area (TPSA) is 36.9 Å². The highest BCUT2D eigenvalue weighted by Crippen LogP contribution is 2.44. The zero-order valence-corrected chi connectivity index (χ0v) is 21.6. The molecule has 0 radical (unpaired) electrons. The summed E-state index contributed by atoms with van der Waals surface area (Å²) in [7, 11) is -1.97. The van der Waals surface area contributed by atoms with Crippen LogP contribution in [-0.4, -0.2) is 37.6 Å². The highest BCUT2D eigenvalue weighted by Gasteiger charge is 2.50. The van der Waals surface area contributed by atoms with Crippen molar-refractivity contribution in [2.75, 3.05) is 13.2 Å². The van der Waals surface area contributed by atoms with Crippen LogP contribution in [-0.2, 0) is 18.5 Å². The van der Waals surface area contributed by atoms with Crippen LogP contribution in [0.3, 0.4) is 0 Å². The molecule has 4 aromatic carbocycles. The van der Waals surface area contributed by atoms with Crippen molar-refractivity contribution in [1.29, 1.82) is 0 Å². The maximum absolute atomic E-state index is 6.78. The number of fused-ring (bicyclic) bond motifs is 1. The quantitative estimate of drug-likeness (QED) is 0.321. The molecule has 0 saturated carbocycles. The summed E-state index contributed by atoms with van der Waals surface area (Å²) in [5, 5.41) is 4.74. The molecule has 4 nitrogen and oxygen atoms in total. The Balaban J connectivity index is 1.20. The Labute approximate surface area is 214 Å². The smallest absolute Gasteiger partial charge is 0.115 e. The van der Waals surface area contributed by atoms with Gasteiger partial charge in [0.1, 0.15) is 24.4 Å². The maximum Gasteiger partial charge on any atom is 0.115 e. The van der Waals surface area contributed by atoms with Crippen molar-refractivity contribution in [2.24, 2.45) is 0 Å². The minimum absolute atomic E-state index is 0.143. The zero-order valence-electron chi connectivity index (χ0n) is 19.8. The molecule has 182 valence electrons. The predicted molar refractivity (Wildman–Crippen MR) is 147 cm³/mol. The van der Waals surface area contributed by atoms with Gasteiger partial charge in [-0.3, -0.25) is 0 Å². The van der Waals surface area contributed by atoms with E-state index in [1.165, 1.54) is 21.2 Å². The van der Waals surface area contributed by atoms with E-state index < -0.39 is 16.3 Å². The summed E-state index contributed by atoms with van der Waals surface area (Å²) < 4.78 is 26.2. The average Bonchev–Trinajstić information content (AvgIpc) is 3.55. The van der Waals surface area contributed by atoms with Crippen LogP contribution in [0.4, 0.5) is 0 Å². The predicted octanol–water partition coefficient (Wildman–Crippen LogP) is 4.65. The molecule has 0 bridgehead atoms. The van der Waals surface area contributed by atoms with E-state index in [1.54, 1.807) is 0 Å². The Morgan fingerprint density at radius 3 is 1.00 bits per heavy atom. The van der Waals surface area contributed by atoms with Crippen molar-refractivity contribution >= 4 is 37.5 Å². The minimum atomic E-state index is -0.986. The van der Waals surface area contributed by atoms with E-state index >= 15 is 0 Å². The van der Waals surface area contributed by atoms with E-state index in [1.807, 2.05) is 24.3 Å². The first-order valence-corrected chi connectivity index (χ1v) is 14.8. The first-order chi connectivity index (χ1) is 17.9. The standard InChI is InChI=1S/C30H28O4P2/c1-5-13-23(14-6-1)35(24-15-7-2-8-16-24)33-27-21-31-30-28(22-32-29(27)30)34-36(25-17-9-3-10-18-25)26-19-11-4-12-20-26/h1-20,27-30H,21-22H2/t27-,28-,29?,30?/m0/s1. The largest absolute Gasteiger partial charge is 0.370 e. The van der Waals surface area contributed by atoms with Crippen LogP contribution < -0.4 is 21.2 Å².